The van der Waals surface area contributed by atoms with E-state index in [9.17, 15) is 4.79 Å². The molecule has 0 spiro atoms. The van der Waals surface area contributed by atoms with Gasteiger partial charge >= 0.3 is 0 Å². The molecule has 0 amide bonds. The van der Waals surface area contributed by atoms with E-state index in [1.165, 1.54) is 0 Å². The molecule has 0 saturated heterocycles. The molecule has 5 rings (SSSR count). The van der Waals surface area contributed by atoms with Crippen molar-refractivity contribution in [2.24, 2.45) is 0 Å². The first-order chi connectivity index (χ1) is 11.6. The van der Waals surface area contributed by atoms with Crippen LogP contribution in [0.25, 0.3) is 33.3 Å². The number of nitrogens with zero attached hydrogens (tertiary/aromatic N) is 3. The Hall–Kier alpha value is -3.41. The normalized spacial score (nSPS) is 12.5. The zero-order valence-corrected chi connectivity index (χ0v) is 12.7. The summed E-state index contributed by atoms with van der Waals surface area (Å²) in [5.74, 6) is 0.581. The van der Waals surface area contributed by atoms with Gasteiger partial charge in [0.05, 0.1) is 28.7 Å². The molecule has 1 aliphatic heterocycles. The summed E-state index contributed by atoms with van der Waals surface area (Å²) < 4.78 is 1.65. The average molecular weight is 315 g/mol. The summed E-state index contributed by atoms with van der Waals surface area (Å²) in [6, 6.07) is 12.9. The van der Waals surface area contributed by atoms with E-state index >= 15 is 0 Å². The zero-order chi connectivity index (χ0) is 16.4. The van der Waals surface area contributed by atoms with Gasteiger partial charge in [-0.25, -0.2) is 9.97 Å². The molecule has 0 unspecified atom stereocenters. The van der Waals surface area contributed by atoms with E-state index in [-0.39, 0.29) is 5.56 Å². The second kappa shape index (κ2) is 4.32. The molecule has 4 N–H and O–H groups in total. The molecule has 0 bridgehead atoms. The number of rotatable bonds is 0. The number of nitrogens with two attached hydrogens (primary N) is 2. The molecule has 6 nitrogen and oxygen atoms in total. The Morgan fingerprint density at radius 2 is 1.92 bits per heavy atom. The molecule has 0 saturated carbocycles. The van der Waals surface area contributed by atoms with E-state index in [1.54, 1.807) is 22.8 Å². The summed E-state index contributed by atoms with van der Waals surface area (Å²) in [5, 5.41) is 1.49. The lowest BCUT2D eigenvalue weighted by Crippen LogP contribution is -2.20. The summed E-state index contributed by atoms with van der Waals surface area (Å²) >= 11 is 0. The Kier molecular flexibility index (Phi) is 2.35. The summed E-state index contributed by atoms with van der Waals surface area (Å²) in [4.78, 5) is 22.1. The topological polar surface area (TPSA) is 99.8 Å². The summed E-state index contributed by atoms with van der Waals surface area (Å²) in [6.07, 6.45) is 0. The summed E-state index contributed by atoms with van der Waals surface area (Å²) in [6.45, 7) is 0.457. The monoisotopic (exact) mass is 315 g/mol. The number of hydrogen-bond donors (Lipinski definition) is 2. The van der Waals surface area contributed by atoms with E-state index in [0.717, 1.165) is 22.2 Å². The van der Waals surface area contributed by atoms with Crippen LogP contribution < -0.4 is 17.0 Å². The van der Waals surface area contributed by atoms with Crippen LogP contribution in [0.3, 0.4) is 0 Å². The largest absolute Gasteiger partial charge is 0.399 e. The van der Waals surface area contributed by atoms with Gasteiger partial charge in [-0.05, 0) is 30.3 Å². The number of hydrogen-bond acceptors (Lipinski definition) is 5. The van der Waals surface area contributed by atoms with Crippen molar-refractivity contribution in [3.8, 4) is 11.5 Å². The SMILES string of the molecule is Nc1ccc2nc3n(c(=O)c2c1)Cc1cc2cccc(N)c2nc1-3. The number of nitrogen functional groups attached to an aromatic ring is 2. The Bertz CT molecular complexity index is 1230. The molecular weight excluding hydrogens is 302 g/mol. The maximum Gasteiger partial charge on any atom is 0.262 e. The third kappa shape index (κ3) is 1.62. The van der Waals surface area contributed by atoms with Gasteiger partial charge in [0.2, 0.25) is 0 Å². The van der Waals surface area contributed by atoms with Gasteiger partial charge in [0.1, 0.15) is 5.69 Å². The molecule has 6 heteroatoms. The van der Waals surface area contributed by atoms with Crippen LogP contribution >= 0.6 is 0 Å². The Balaban J connectivity index is 1.88. The molecule has 0 atom stereocenters. The van der Waals surface area contributed by atoms with E-state index in [1.807, 2.05) is 24.3 Å². The highest BCUT2D eigenvalue weighted by molar-refractivity contribution is 5.92. The number of anilines is 2. The first kappa shape index (κ1) is 13.1. The van der Waals surface area contributed by atoms with Gasteiger partial charge in [-0.3, -0.25) is 9.36 Å². The van der Waals surface area contributed by atoms with Crippen LogP contribution in [-0.4, -0.2) is 14.5 Å². The van der Waals surface area contributed by atoms with Crippen molar-refractivity contribution >= 4 is 33.2 Å². The van der Waals surface area contributed by atoms with Crippen molar-refractivity contribution < 1.29 is 0 Å². The number of pyridine rings is 1. The average Bonchev–Trinajstić information content (AvgIpc) is 2.93. The predicted octanol–water partition coefficient (Wildman–Crippen LogP) is 2.14. The van der Waals surface area contributed by atoms with Crippen molar-refractivity contribution in [1.29, 1.82) is 0 Å². The lowest BCUT2D eigenvalue weighted by molar-refractivity contribution is 0.797. The zero-order valence-electron chi connectivity index (χ0n) is 12.7. The minimum Gasteiger partial charge on any atom is -0.399 e. The Morgan fingerprint density at radius 1 is 1.04 bits per heavy atom. The van der Waals surface area contributed by atoms with Crippen molar-refractivity contribution in [2.75, 3.05) is 11.5 Å². The maximum absolute atomic E-state index is 12.8. The molecule has 0 radical (unpaired) electrons. The fourth-order valence-corrected chi connectivity index (χ4v) is 3.32. The van der Waals surface area contributed by atoms with Gasteiger partial charge in [0.25, 0.3) is 5.56 Å². The van der Waals surface area contributed by atoms with Gasteiger partial charge in [0, 0.05) is 16.6 Å². The molecule has 4 aromatic rings. The van der Waals surface area contributed by atoms with Gasteiger partial charge in [-0.1, -0.05) is 12.1 Å². The van der Waals surface area contributed by atoms with Crippen LogP contribution in [0, 0.1) is 0 Å². The Labute approximate surface area is 136 Å². The highest BCUT2D eigenvalue weighted by Crippen LogP contribution is 2.32. The lowest BCUT2D eigenvalue weighted by atomic mass is 10.1. The molecule has 2 aromatic heterocycles. The predicted molar refractivity (Wildman–Crippen MR) is 94.7 cm³/mol. The molecule has 116 valence electrons. The van der Waals surface area contributed by atoms with E-state index in [2.05, 4.69) is 4.98 Å². The highest BCUT2D eigenvalue weighted by Gasteiger charge is 2.24. The van der Waals surface area contributed by atoms with E-state index < -0.39 is 0 Å². The fraction of sp³-hybridized carbons (Fsp3) is 0.0556. The molecule has 24 heavy (non-hydrogen) atoms. The number of benzene rings is 2. The van der Waals surface area contributed by atoms with Gasteiger partial charge in [0.15, 0.2) is 5.82 Å². The molecule has 0 aliphatic carbocycles. The van der Waals surface area contributed by atoms with E-state index in [4.69, 9.17) is 16.5 Å². The van der Waals surface area contributed by atoms with Crippen molar-refractivity contribution in [2.45, 2.75) is 6.54 Å². The van der Waals surface area contributed by atoms with Crippen LogP contribution in [0.5, 0.6) is 0 Å². The minimum atomic E-state index is -0.0997. The Morgan fingerprint density at radius 3 is 2.79 bits per heavy atom. The van der Waals surface area contributed by atoms with Crippen molar-refractivity contribution in [3.63, 3.8) is 0 Å². The van der Waals surface area contributed by atoms with E-state index in [0.29, 0.717) is 34.6 Å². The van der Waals surface area contributed by atoms with Crippen LogP contribution in [0.4, 0.5) is 11.4 Å². The third-order valence-electron chi connectivity index (χ3n) is 4.47. The summed E-state index contributed by atoms with van der Waals surface area (Å²) in [5.41, 5.74) is 16.0. The minimum absolute atomic E-state index is 0.0997. The standard InChI is InChI=1S/C18H13N5O/c19-11-4-5-14-12(7-11)18(24)23-8-10-6-9-2-1-3-13(20)15(9)22-16(10)17(23)21-14/h1-7H,8,19-20H2. The first-order valence-electron chi connectivity index (χ1n) is 7.60. The lowest BCUT2D eigenvalue weighted by Gasteiger charge is -2.06. The summed E-state index contributed by atoms with van der Waals surface area (Å²) in [7, 11) is 0. The second-order valence-corrected chi connectivity index (χ2v) is 6.02. The van der Waals surface area contributed by atoms with Gasteiger partial charge < -0.3 is 11.5 Å². The maximum atomic E-state index is 12.8. The molecular formula is C18H13N5O. The van der Waals surface area contributed by atoms with Gasteiger partial charge in [-0.2, -0.15) is 0 Å². The third-order valence-corrected chi connectivity index (χ3v) is 4.47. The smallest absolute Gasteiger partial charge is 0.262 e. The molecule has 2 aromatic carbocycles. The molecule has 0 fully saturated rings. The van der Waals surface area contributed by atoms with Crippen LogP contribution in [0.15, 0.2) is 47.3 Å². The molecule has 1 aliphatic rings. The van der Waals surface area contributed by atoms with Crippen molar-refractivity contribution in [3.05, 3.63) is 58.4 Å². The van der Waals surface area contributed by atoms with Crippen molar-refractivity contribution in [1.82, 2.24) is 14.5 Å². The number of para-hydroxylation sites is 1. The first-order valence-corrected chi connectivity index (χ1v) is 7.60. The second-order valence-electron chi connectivity index (χ2n) is 6.02. The number of fused-ring (bicyclic) bond motifs is 5. The van der Waals surface area contributed by atoms with Crippen LogP contribution in [-0.2, 0) is 6.54 Å². The fourth-order valence-electron chi connectivity index (χ4n) is 3.32. The van der Waals surface area contributed by atoms with Crippen LogP contribution in [0.1, 0.15) is 5.56 Å². The number of aromatic nitrogens is 3. The quantitative estimate of drug-likeness (QED) is 0.426. The highest BCUT2D eigenvalue weighted by atomic mass is 16.1. The van der Waals surface area contributed by atoms with Gasteiger partial charge in [-0.15, -0.1) is 0 Å². The molecule has 3 heterocycles. The van der Waals surface area contributed by atoms with Crippen LogP contribution in [0.2, 0.25) is 0 Å².